The number of nitrogens with one attached hydrogen (secondary N) is 1. The highest BCUT2D eigenvalue weighted by Crippen LogP contribution is 2.27. The van der Waals surface area contributed by atoms with Gasteiger partial charge in [0.1, 0.15) is 0 Å². The molecule has 6 nitrogen and oxygen atoms in total. The van der Waals surface area contributed by atoms with Gasteiger partial charge in [-0.05, 0) is 42.6 Å². The topological polar surface area (TPSA) is 71.3 Å². The van der Waals surface area contributed by atoms with E-state index in [-0.39, 0.29) is 11.7 Å². The Kier molecular flexibility index (Phi) is 5.77. The first-order valence-electron chi connectivity index (χ1n) is 9.68. The van der Waals surface area contributed by atoms with Gasteiger partial charge in [-0.15, -0.1) is 0 Å². The van der Waals surface area contributed by atoms with E-state index in [2.05, 4.69) is 44.6 Å². The lowest BCUT2D eigenvalue weighted by atomic mass is 9.94. The summed E-state index contributed by atoms with van der Waals surface area (Å²) in [6, 6.07) is 16.0. The molecule has 1 aliphatic rings. The third-order valence-electron chi connectivity index (χ3n) is 5.13. The zero-order valence-corrected chi connectivity index (χ0v) is 15.8. The molecule has 1 atom stereocenters. The first-order chi connectivity index (χ1) is 13.8. The Morgan fingerprint density at radius 1 is 1.14 bits per heavy atom. The second-order valence-corrected chi connectivity index (χ2v) is 7.21. The highest BCUT2D eigenvalue weighted by Gasteiger charge is 2.25. The van der Waals surface area contributed by atoms with E-state index in [1.807, 2.05) is 18.2 Å². The molecular weight excluding hydrogens is 352 g/mol. The number of hydrogen-bond acceptors (Lipinski definition) is 5. The number of carbonyl (C=O) groups excluding carboxylic acids is 1. The van der Waals surface area contributed by atoms with Gasteiger partial charge in [0, 0.05) is 44.0 Å². The minimum Gasteiger partial charge on any atom is -0.351 e. The molecule has 1 aromatic carbocycles. The van der Waals surface area contributed by atoms with Crippen molar-refractivity contribution < 1.29 is 9.32 Å². The van der Waals surface area contributed by atoms with Gasteiger partial charge in [0.25, 0.3) is 5.91 Å². The van der Waals surface area contributed by atoms with Gasteiger partial charge >= 0.3 is 0 Å². The van der Waals surface area contributed by atoms with Gasteiger partial charge in [-0.2, -0.15) is 0 Å². The number of carbonyl (C=O) groups is 1. The molecule has 0 spiro atoms. The summed E-state index contributed by atoms with van der Waals surface area (Å²) < 4.78 is 5.33. The monoisotopic (exact) mass is 376 g/mol. The molecule has 3 aromatic rings. The van der Waals surface area contributed by atoms with Crippen molar-refractivity contribution in [2.75, 3.05) is 13.1 Å². The number of benzene rings is 1. The van der Waals surface area contributed by atoms with Gasteiger partial charge in [0.2, 0.25) is 5.76 Å². The van der Waals surface area contributed by atoms with Crippen LogP contribution >= 0.6 is 0 Å². The molecule has 1 N–H and O–H groups in total. The van der Waals surface area contributed by atoms with Crippen LogP contribution in [0, 0.1) is 0 Å². The summed E-state index contributed by atoms with van der Waals surface area (Å²) in [5.74, 6) is 0.319. The molecule has 1 amide bonds. The molecule has 6 heteroatoms. The fourth-order valence-corrected chi connectivity index (χ4v) is 3.64. The van der Waals surface area contributed by atoms with E-state index in [1.54, 1.807) is 18.5 Å². The Bertz CT molecular complexity index is 895. The fourth-order valence-electron chi connectivity index (χ4n) is 3.64. The molecule has 0 unspecified atom stereocenters. The normalized spacial score (nSPS) is 17.4. The van der Waals surface area contributed by atoms with Crippen LogP contribution in [-0.2, 0) is 13.1 Å². The molecule has 0 radical (unpaired) electrons. The molecule has 1 saturated heterocycles. The highest BCUT2D eigenvalue weighted by molar-refractivity contribution is 5.91. The first kappa shape index (κ1) is 18.4. The van der Waals surface area contributed by atoms with Crippen molar-refractivity contribution >= 4 is 5.91 Å². The number of nitrogens with zero attached hydrogens (tertiary/aromatic N) is 3. The Labute approximate surface area is 164 Å². The summed E-state index contributed by atoms with van der Waals surface area (Å²) >= 11 is 0. The summed E-state index contributed by atoms with van der Waals surface area (Å²) in [6.07, 6.45) is 5.60. The molecule has 2 aromatic heterocycles. The summed E-state index contributed by atoms with van der Waals surface area (Å²) in [5, 5.41) is 7.05. The molecule has 0 saturated carbocycles. The number of piperidine rings is 1. The molecule has 3 heterocycles. The van der Waals surface area contributed by atoms with Crippen LogP contribution in [0.4, 0.5) is 0 Å². The van der Waals surface area contributed by atoms with Gasteiger partial charge < -0.3 is 9.84 Å². The predicted octanol–water partition coefficient (Wildman–Crippen LogP) is 3.38. The fraction of sp³-hybridized carbons (Fsp3) is 0.318. The Hall–Kier alpha value is -2.99. The number of aromatic nitrogens is 2. The van der Waals surface area contributed by atoms with Gasteiger partial charge in [-0.1, -0.05) is 35.5 Å². The molecule has 144 valence electrons. The summed E-state index contributed by atoms with van der Waals surface area (Å²) in [6.45, 7) is 3.39. The van der Waals surface area contributed by atoms with Gasteiger partial charge in [-0.3, -0.25) is 14.7 Å². The number of hydrogen-bond donors (Lipinski definition) is 1. The minimum absolute atomic E-state index is 0.243. The molecular formula is C22H24N4O2. The van der Waals surface area contributed by atoms with Gasteiger partial charge in [0.15, 0.2) is 0 Å². The van der Waals surface area contributed by atoms with Crippen LogP contribution in [0.2, 0.25) is 0 Å². The van der Waals surface area contributed by atoms with Crippen molar-refractivity contribution in [2.24, 2.45) is 0 Å². The largest absolute Gasteiger partial charge is 0.351 e. The molecule has 4 rings (SSSR count). The number of rotatable bonds is 6. The van der Waals surface area contributed by atoms with E-state index in [4.69, 9.17) is 4.52 Å². The molecule has 1 fully saturated rings. The van der Waals surface area contributed by atoms with Crippen molar-refractivity contribution in [3.63, 3.8) is 0 Å². The van der Waals surface area contributed by atoms with Crippen molar-refractivity contribution in [1.82, 2.24) is 20.4 Å². The summed E-state index contributed by atoms with van der Waals surface area (Å²) in [4.78, 5) is 18.8. The first-order valence-corrected chi connectivity index (χ1v) is 9.68. The van der Waals surface area contributed by atoms with Crippen molar-refractivity contribution in [3.8, 4) is 0 Å². The lowest BCUT2D eigenvalue weighted by molar-refractivity contribution is 0.0913. The van der Waals surface area contributed by atoms with Gasteiger partial charge in [0.05, 0.1) is 5.69 Å². The van der Waals surface area contributed by atoms with Crippen LogP contribution in [0.5, 0.6) is 0 Å². The maximum Gasteiger partial charge on any atom is 0.290 e. The Morgan fingerprint density at radius 2 is 1.96 bits per heavy atom. The van der Waals surface area contributed by atoms with Crippen molar-refractivity contribution in [3.05, 3.63) is 83.5 Å². The third kappa shape index (κ3) is 4.64. The van der Waals surface area contributed by atoms with Gasteiger partial charge in [-0.25, -0.2) is 0 Å². The van der Waals surface area contributed by atoms with Crippen LogP contribution in [0.15, 0.2) is 65.4 Å². The number of pyridine rings is 1. The minimum atomic E-state index is -0.243. The van der Waals surface area contributed by atoms with Crippen molar-refractivity contribution in [1.29, 1.82) is 0 Å². The van der Waals surface area contributed by atoms with Crippen molar-refractivity contribution in [2.45, 2.75) is 31.8 Å². The molecule has 1 aliphatic heterocycles. The smallest absolute Gasteiger partial charge is 0.290 e. The summed E-state index contributed by atoms with van der Waals surface area (Å²) in [7, 11) is 0. The average molecular weight is 376 g/mol. The molecule has 28 heavy (non-hydrogen) atoms. The second kappa shape index (κ2) is 8.80. The van der Waals surface area contributed by atoms with E-state index in [0.29, 0.717) is 12.5 Å². The zero-order chi connectivity index (χ0) is 19.2. The van der Waals surface area contributed by atoms with E-state index < -0.39 is 0 Å². The standard InChI is InChI=1S/C22H24N4O2/c27-22(24-14-17-8-10-23-11-9-17)21-13-20(25-28-21)19-7-4-12-26(16-19)15-18-5-2-1-3-6-18/h1-3,5-6,8-11,13,19H,4,7,12,14-16H2,(H,24,27)/t19-/m0/s1. The Morgan fingerprint density at radius 3 is 2.79 bits per heavy atom. The van der Waals surface area contributed by atoms with E-state index in [1.165, 1.54) is 5.56 Å². The number of amides is 1. The second-order valence-electron chi connectivity index (χ2n) is 7.21. The van der Waals surface area contributed by atoms with Crippen LogP contribution in [0.3, 0.4) is 0 Å². The van der Waals surface area contributed by atoms with E-state index in [0.717, 1.165) is 43.7 Å². The quantitative estimate of drug-likeness (QED) is 0.714. The van der Waals surface area contributed by atoms with E-state index in [9.17, 15) is 4.79 Å². The molecule has 0 aliphatic carbocycles. The van der Waals surface area contributed by atoms with E-state index >= 15 is 0 Å². The molecule has 0 bridgehead atoms. The highest BCUT2D eigenvalue weighted by atomic mass is 16.5. The average Bonchev–Trinajstić information content (AvgIpc) is 3.24. The lowest BCUT2D eigenvalue weighted by Gasteiger charge is -2.31. The third-order valence-corrected chi connectivity index (χ3v) is 5.13. The van der Waals surface area contributed by atoms with Crippen LogP contribution in [-0.4, -0.2) is 34.0 Å². The maximum absolute atomic E-state index is 12.3. The summed E-state index contributed by atoms with van der Waals surface area (Å²) in [5.41, 5.74) is 3.18. The lowest BCUT2D eigenvalue weighted by Crippen LogP contribution is -2.34. The zero-order valence-electron chi connectivity index (χ0n) is 15.8. The SMILES string of the molecule is O=C(NCc1ccncc1)c1cc([C@H]2CCCN(Cc3ccccc3)C2)no1. The van der Waals surface area contributed by atoms with Crippen LogP contribution in [0.25, 0.3) is 0 Å². The van der Waals surface area contributed by atoms with Crippen LogP contribution < -0.4 is 5.32 Å². The van der Waals surface area contributed by atoms with Crippen LogP contribution in [0.1, 0.15) is 46.1 Å². The predicted molar refractivity (Wildman–Crippen MR) is 106 cm³/mol. The number of likely N-dealkylation sites (tertiary alicyclic amines) is 1. The maximum atomic E-state index is 12.3. The Balaban J connectivity index is 1.34.